The van der Waals surface area contributed by atoms with Crippen molar-refractivity contribution in [3.8, 4) is 0 Å². The maximum Gasteiger partial charge on any atom is 0.243 e. The molecule has 2 aliphatic carbocycles. The minimum atomic E-state index is -0.758. The first-order chi connectivity index (χ1) is 19.5. The summed E-state index contributed by atoms with van der Waals surface area (Å²) in [7, 11) is 0. The number of nitrogens with zero attached hydrogens (tertiary/aromatic N) is 1. The first-order valence-corrected chi connectivity index (χ1v) is 15.9. The van der Waals surface area contributed by atoms with Gasteiger partial charge in [0.25, 0.3) is 0 Å². The van der Waals surface area contributed by atoms with Crippen LogP contribution in [0.5, 0.6) is 0 Å². The topological polar surface area (TPSA) is 128 Å². The molecule has 4 rings (SSSR count). The Labute approximate surface area is 246 Å². The third kappa shape index (κ3) is 6.64. The minimum Gasteiger partial charge on any atom is -0.370 e. The molecule has 0 bridgehead atoms. The Morgan fingerprint density at radius 2 is 2.02 bits per heavy atom. The Morgan fingerprint density at radius 1 is 1.27 bits per heavy atom. The van der Waals surface area contributed by atoms with Gasteiger partial charge < -0.3 is 26.4 Å². The van der Waals surface area contributed by atoms with Crippen LogP contribution in [-0.4, -0.2) is 59.5 Å². The molecule has 2 saturated heterocycles. The monoisotopic (exact) mass is 568 g/mol. The third-order valence-corrected chi connectivity index (χ3v) is 10.1. The number of amides is 3. The largest absolute Gasteiger partial charge is 0.370 e. The van der Waals surface area contributed by atoms with Gasteiger partial charge in [-0.1, -0.05) is 44.9 Å². The highest BCUT2D eigenvalue weighted by Gasteiger charge is 2.51. The molecular weight excluding hydrogens is 516 g/mol. The zero-order chi connectivity index (χ0) is 29.9. The number of fused-ring (bicyclic) bond motifs is 2. The summed E-state index contributed by atoms with van der Waals surface area (Å²) in [4.78, 5) is 41.2. The highest BCUT2D eigenvalue weighted by atomic mass is 16.5. The molecule has 8 nitrogen and oxygen atoms in total. The molecule has 7 unspecified atom stereocenters. The van der Waals surface area contributed by atoms with E-state index in [4.69, 9.17) is 16.2 Å². The molecule has 228 valence electrons. The lowest BCUT2D eigenvalue weighted by Gasteiger charge is -2.41. The van der Waals surface area contributed by atoms with Gasteiger partial charge in [-0.25, -0.2) is 0 Å². The Balaban J connectivity index is 1.59. The van der Waals surface area contributed by atoms with Crippen LogP contribution in [0.4, 0.5) is 0 Å². The predicted molar refractivity (Wildman–Crippen MR) is 162 cm³/mol. The third-order valence-electron chi connectivity index (χ3n) is 10.1. The fourth-order valence-corrected chi connectivity index (χ4v) is 7.44. The standard InChI is InChI=1S/C33H52N4O4/c1-6-9-28-33(5,16-15-23-24-18-21(7-2)11-12-22(24)19-25(34)30(23)41-28)32(40)37-17-8-10-27(37)31(39)36-26(20(3)4)13-14-29(35)38/h12,21,25-28,30H,3,6-11,13-19,34H2,1-2,4-5H3,(H2,35,38)(H,36,39). The van der Waals surface area contributed by atoms with Crippen LogP contribution in [0.2, 0.25) is 0 Å². The lowest BCUT2D eigenvalue weighted by atomic mass is 9.71. The Morgan fingerprint density at radius 3 is 2.68 bits per heavy atom. The average molecular weight is 569 g/mol. The fourth-order valence-electron chi connectivity index (χ4n) is 7.44. The maximum atomic E-state index is 14.5. The smallest absolute Gasteiger partial charge is 0.243 e. The van der Waals surface area contributed by atoms with Gasteiger partial charge in [0.1, 0.15) is 6.04 Å². The van der Waals surface area contributed by atoms with E-state index in [1.807, 2.05) is 13.8 Å². The van der Waals surface area contributed by atoms with Crippen molar-refractivity contribution in [2.45, 2.75) is 135 Å². The molecule has 3 amide bonds. The number of nitrogens with two attached hydrogens (primary N) is 2. The molecule has 0 saturated carbocycles. The van der Waals surface area contributed by atoms with Crippen LogP contribution >= 0.6 is 0 Å². The van der Waals surface area contributed by atoms with E-state index in [-0.39, 0.29) is 42.5 Å². The van der Waals surface area contributed by atoms with Crippen molar-refractivity contribution in [3.05, 3.63) is 34.9 Å². The van der Waals surface area contributed by atoms with Gasteiger partial charge in [-0.3, -0.25) is 14.4 Å². The first kappa shape index (κ1) is 31.5. The van der Waals surface area contributed by atoms with Crippen molar-refractivity contribution < 1.29 is 19.1 Å². The number of allylic oxidation sites excluding steroid dienone is 2. The van der Waals surface area contributed by atoms with E-state index in [2.05, 4.69) is 31.8 Å². The van der Waals surface area contributed by atoms with E-state index in [1.54, 1.807) is 4.90 Å². The highest BCUT2D eigenvalue weighted by molar-refractivity contribution is 5.91. The lowest BCUT2D eigenvalue weighted by Crippen LogP contribution is -2.55. The molecule has 0 aromatic rings. The molecule has 0 aromatic carbocycles. The summed E-state index contributed by atoms with van der Waals surface area (Å²) in [5.41, 5.74) is 16.2. The second-order valence-corrected chi connectivity index (χ2v) is 13.1. The molecule has 41 heavy (non-hydrogen) atoms. The van der Waals surface area contributed by atoms with Crippen LogP contribution in [-0.2, 0) is 19.1 Å². The number of primary amides is 1. The molecule has 4 aliphatic rings. The van der Waals surface area contributed by atoms with E-state index in [1.165, 1.54) is 16.7 Å². The zero-order valence-corrected chi connectivity index (χ0v) is 25.7. The Kier molecular flexibility index (Phi) is 10.2. The van der Waals surface area contributed by atoms with E-state index in [0.29, 0.717) is 31.7 Å². The number of ether oxygens (including phenoxy) is 1. The summed E-state index contributed by atoms with van der Waals surface area (Å²) >= 11 is 0. The molecule has 8 heteroatoms. The number of carbonyl (C=O) groups is 3. The number of carbonyl (C=O) groups excluding carboxylic acids is 3. The quantitative estimate of drug-likeness (QED) is 0.336. The summed E-state index contributed by atoms with van der Waals surface area (Å²) in [6.07, 6.45) is 11.2. The SMILES string of the molecule is C=C(C)C(CCC(N)=O)NC(=O)C1CCCN1C(=O)C1(C)CCC2=C3CC(CC)CC=C3CC(N)C2OC1CCC. The predicted octanol–water partition coefficient (Wildman–Crippen LogP) is 4.43. The van der Waals surface area contributed by atoms with Gasteiger partial charge in [0.15, 0.2) is 0 Å². The summed E-state index contributed by atoms with van der Waals surface area (Å²) in [5, 5.41) is 3.05. The molecule has 2 fully saturated rings. The number of hydrogen-bond acceptors (Lipinski definition) is 5. The Bertz CT molecular complexity index is 1100. The molecule has 2 heterocycles. The normalized spacial score (nSPS) is 32.4. The molecule has 2 aliphatic heterocycles. The van der Waals surface area contributed by atoms with Crippen LogP contribution < -0.4 is 16.8 Å². The number of hydrogen-bond donors (Lipinski definition) is 3. The van der Waals surface area contributed by atoms with Gasteiger partial charge in [-0.05, 0) is 94.3 Å². The summed E-state index contributed by atoms with van der Waals surface area (Å²) in [5.74, 6) is 0.0422. The lowest BCUT2D eigenvalue weighted by molar-refractivity contribution is -0.157. The van der Waals surface area contributed by atoms with Crippen molar-refractivity contribution in [1.29, 1.82) is 0 Å². The van der Waals surface area contributed by atoms with Gasteiger partial charge in [0, 0.05) is 19.0 Å². The van der Waals surface area contributed by atoms with Crippen LogP contribution in [0.3, 0.4) is 0 Å². The summed E-state index contributed by atoms with van der Waals surface area (Å²) < 4.78 is 6.91. The molecule has 0 aromatic heterocycles. The van der Waals surface area contributed by atoms with E-state index in [9.17, 15) is 14.4 Å². The first-order valence-electron chi connectivity index (χ1n) is 15.9. The Hall–Kier alpha value is -2.45. The van der Waals surface area contributed by atoms with Crippen molar-refractivity contribution in [3.63, 3.8) is 0 Å². The average Bonchev–Trinajstić information content (AvgIpc) is 3.37. The highest BCUT2D eigenvalue weighted by Crippen LogP contribution is 2.48. The number of rotatable bonds is 10. The minimum absolute atomic E-state index is 0.00118. The van der Waals surface area contributed by atoms with Crippen molar-refractivity contribution in [2.75, 3.05) is 6.54 Å². The molecule has 5 N–H and O–H groups in total. The second-order valence-electron chi connectivity index (χ2n) is 13.1. The number of nitrogens with one attached hydrogen (secondary N) is 1. The van der Waals surface area contributed by atoms with Gasteiger partial charge >= 0.3 is 0 Å². The second kappa shape index (κ2) is 13.2. The molecular formula is C33H52N4O4. The van der Waals surface area contributed by atoms with Crippen LogP contribution in [0.15, 0.2) is 34.9 Å². The fraction of sp³-hybridized carbons (Fsp3) is 0.727. The van der Waals surface area contributed by atoms with Crippen LogP contribution in [0, 0.1) is 11.3 Å². The van der Waals surface area contributed by atoms with Gasteiger partial charge in [-0.15, -0.1) is 0 Å². The molecule has 0 spiro atoms. The van der Waals surface area contributed by atoms with E-state index in [0.717, 1.165) is 56.9 Å². The van der Waals surface area contributed by atoms with Gasteiger partial charge in [0.05, 0.1) is 23.7 Å². The van der Waals surface area contributed by atoms with Crippen molar-refractivity contribution in [1.82, 2.24) is 10.2 Å². The van der Waals surface area contributed by atoms with Gasteiger partial charge in [-0.2, -0.15) is 0 Å². The molecule has 0 radical (unpaired) electrons. The van der Waals surface area contributed by atoms with E-state index < -0.39 is 17.4 Å². The van der Waals surface area contributed by atoms with Crippen LogP contribution in [0.1, 0.15) is 105 Å². The maximum absolute atomic E-state index is 14.5. The zero-order valence-electron chi connectivity index (χ0n) is 25.7. The van der Waals surface area contributed by atoms with Crippen molar-refractivity contribution in [2.24, 2.45) is 22.8 Å². The van der Waals surface area contributed by atoms with Crippen LogP contribution in [0.25, 0.3) is 0 Å². The summed E-state index contributed by atoms with van der Waals surface area (Å²) in [6.45, 7) is 12.8. The van der Waals surface area contributed by atoms with Crippen molar-refractivity contribution >= 4 is 17.7 Å². The van der Waals surface area contributed by atoms with Gasteiger partial charge in [0.2, 0.25) is 17.7 Å². The molecule has 7 atom stereocenters. The summed E-state index contributed by atoms with van der Waals surface area (Å²) in [6, 6.07) is -1.02. The number of likely N-dealkylation sites (tertiary alicyclic amines) is 1. The van der Waals surface area contributed by atoms with E-state index >= 15 is 0 Å².